The minimum Gasteiger partial charge on any atom is -0.493 e. The Hall–Kier alpha value is -4.12. The van der Waals surface area contributed by atoms with E-state index in [4.69, 9.17) is 4.74 Å². The van der Waals surface area contributed by atoms with E-state index in [-0.39, 0.29) is 22.9 Å². The van der Waals surface area contributed by atoms with Crippen molar-refractivity contribution >= 4 is 11.7 Å². The van der Waals surface area contributed by atoms with E-state index in [1.165, 1.54) is 12.1 Å². The molecule has 0 radical (unpaired) electrons. The van der Waals surface area contributed by atoms with Gasteiger partial charge in [-0.3, -0.25) is 9.48 Å². The molecule has 0 unspecified atom stereocenters. The molecule has 4 aromatic rings. The molecule has 2 bridgehead atoms. The molecule has 37 heavy (non-hydrogen) atoms. The van der Waals surface area contributed by atoms with E-state index in [0.717, 1.165) is 13.0 Å². The maximum Gasteiger partial charge on any atom is 0.260 e. The van der Waals surface area contributed by atoms with Gasteiger partial charge in [-0.05, 0) is 52.1 Å². The third-order valence-corrected chi connectivity index (χ3v) is 6.33. The maximum absolute atomic E-state index is 15.3. The lowest BCUT2D eigenvalue weighted by Crippen LogP contribution is -2.18. The predicted octanol–water partition coefficient (Wildman–Crippen LogP) is 3.89. The summed E-state index contributed by atoms with van der Waals surface area (Å²) in [4.78, 5) is 20.0. The van der Waals surface area contributed by atoms with E-state index in [9.17, 15) is 4.79 Å². The fraction of sp³-hybridized carbons (Fsp3) is 0.346. The van der Waals surface area contributed by atoms with E-state index < -0.39 is 11.7 Å². The van der Waals surface area contributed by atoms with Gasteiger partial charge in [0.05, 0.1) is 24.9 Å². The van der Waals surface area contributed by atoms with Crippen molar-refractivity contribution in [2.75, 3.05) is 32.6 Å². The molecular weight excluding hydrogens is 475 g/mol. The lowest BCUT2D eigenvalue weighted by atomic mass is 10.0. The average Bonchev–Trinajstić information content (AvgIpc) is 3.55. The number of benzene rings is 1. The quantitative estimate of drug-likeness (QED) is 0.450. The Morgan fingerprint density at radius 1 is 1.24 bits per heavy atom. The zero-order chi connectivity index (χ0) is 25.9. The molecule has 11 heteroatoms. The van der Waals surface area contributed by atoms with Gasteiger partial charge in [0.1, 0.15) is 29.4 Å². The lowest BCUT2D eigenvalue weighted by Gasteiger charge is -2.18. The molecule has 10 nitrogen and oxygen atoms in total. The van der Waals surface area contributed by atoms with E-state index in [2.05, 4.69) is 32.5 Å². The van der Waals surface area contributed by atoms with Crippen LogP contribution < -0.4 is 10.1 Å². The van der Waals surface area contributed by atoms with Gasteiger partial charge in [-0.25, -0.2) is 9.37 Å². The predicted molar refractivity (Wildman–Crippen MR) is 137 cm³/mol. The van der Waals surface area contributed by atoms with Crippen LogP contribution >= 0.6 is 0 Å². The first kappa shape index (κ1) is 24.6. The summed E-state index contributed by atoms with van der Waals surface area (Å²) >= 11 is 0. The van der Waals surface area contributed by atoms with Crippen LogP contribution in [0.4, 0.5) is 10.2 Å². The van der Waals surface area contributed by atoms with Gasteiger partial charge in [0, 0.05) is 36.0 Å². The number of halogens is 1. The van der Waals surface area contributed by atoms with Crippen LogP contribution in [0, 0.1) is 5.82 Å². The van der Waals surface area contributed by atoms with Gasteiger partial charge >= 0.3 is 0 Å². The highest BCUT2D eigenvalue weighted by molar-refractivity contribution is 6.06. The van der Waals surface area contributed by atoms with E-state index in [0.29, 0.717) is 42.5 Å². The fourth-order valence-electron chi connectivity index (χ4n) is 4.26. The number of rotatable bonds is 4. The van der Waals surface area contributed by atoms with Crippen molar-refractivity contribution in [3.05, 3.63) is 60.4 Å². The van der Waals surface area contributed by atoms with Crippen molar-refractivity contribution in [2.45, 2.75) is 32.4 Å². The Labute approximate surface area is 214 Å². The second-order valence-corrected chi connectivity index (χ2v) is 9.39. The first-order chi connectivity index (χ1) is 17.9. The average molecular weight is 505 g/mol. The van der Waals surface area contributed by atoms with Crippen molar-refractivity contribution in [1.82, 2.24) is 34.4 Å². The van der Waals surface area contributed by atoms with Crippen molar-refractivity contribution in [3.63, 3.8) is 0 Å². The SMILES string of the molecule is C[C@H]1CCCOc2cc(F)c(-c3cnn(CCN(C)C)c3)cc2C(=O)Nc2cccc(n2)-c2nncn21. The molecule has 5 rings (SSSR count). The molecule has 4 heterocycles. The minimum atomic E-state index is -0.484. The Morgan fingerprint density at radius 3 is 2.95 bits per heavy atom. The van der Waals surface area contributed by atoms with E-state index >= 15 is 4.39 Å². The number of carbonyl (C=O) groups is 1. The number of hydrogen-bond acceptors (Lipinski definition) is 7. The summed E-state index contributed by atoms with van der Waals surface area (Å²) in [6.07, 6.45) is 6.52. The molecule has 1 aliphatic rings. The third kappa shape index (κ3) is 5.36. The first-order valence-electron chi connectivity index (χ1n) is 12.2. The number of nitrogens with zero attached hydrogens (tertiary/aromatic N) is 7. The minimum absolute atomic E-state index is 0.0965. The van der Waals surface area contributed by atoms with Crippen molar-refractivity contribution in [2.24, 2.45) is 0 Å². The third-order valence-electron chi connectivity index (χ3n) is 6.33. The van der Waals surface area contributed by atoms with Crippen molar-refractivity contribution in [1.29, 1.82) is 0 Å². The summed E-state index contributed by atoms with van der Waals surface area (Å²) in [7, 11) is 3.96. The van der Waals surface area contributed by atoms with E-state index in [1.54, 1.807) is 35.5 Å². The number of nitrogens with one attached hydrogen (secondary N) is 1. The number of likely N-dealkylation sites (N-methyl/N-ethyl adjacent to an activating group) is 1. The lowest BCUT2D eigenvalue weighted by molar-refractivity contribution is 0.102. The van der Waals surface area contributed by atoms with Gasteiger partial charge in [0.25, 0.3) is 5.91 Å². The summed E-state index contributed by atoms with van der Waals surface area (Å²) in [5.74, 6) is 0.215. The largest absolute Gasteiger partial charge is 0.493 e. The molecule has 0 spiro atoms. The number of amides is 1. The van der Waals surface area contributed by atoms with Crippen molar-refractivity contribution < 1.29 is 13.9 Å². The topological polar surface area (TPSA) is 103 Å². The molecule has 1 aromatic carbocycles. The number of aromatic nitrogens is 6. The van der Waals surface area contributed by atoms with Crippen LogP contribution in [-0.4, -0.2) is 67.6 Å². The van der Waals surface area contributed by atoms with Crippen LogP contribution in [0.3, 0.4) is 0 Å². The number of ether oxygens (including phenoxy) is 1. The Morgan fingerprint density at radius 2 is 2.11 bits per heavy atom. The fourth-order valence-corrected chi connectivity index (χ4v) is 4.26. The Kier molecular flexibility index (Phi) is 6.95. The number of fused-ring (bicyclic) bond motifs is 5. The van der Waals surface area contributed by atoms with Crippen LogP contribution in [-0.2, 0) is 6.54 Å². The standard InChI is InChI=1S/C26H29FN8O2/c1-17-6-5-11-37-23-13-21(27)19(18-14-29-34(15-18)10-9-33(2)3)12-20(23)26(36)31-24-8-4-7-22(30-24)25-32-28-16-35(17)25/h4,7-8,12-17H,5-6,9-11H2,1-3H3,(H,30,31,36)/t17-/m0/s1. The second-order valence-electron chi connectivity index (χ2n) is 9.39. The Balaban J connectivity index is 1.51. The molecule has 1 amide bonds. The maximum atomic E-state index is 15.3. The summed E-state index contributed by atoms with van der Waals surface area (Å²) in [5.41, 5.74) is 1.68. The smallest absolute Gasteiger partial charge is 0.260 e. The zero-order valence-electron chi connectivity index (χ0n) is 21.1. The summed E-state index contributed by atoms with van der Waals surface area (Å²) in [6, 6.07) is 8.20. The Bertz CT molecular complexity index is 1410. The van der Waals surface area contributed by atoms with Gasteiger partial charge in [0.15, 0.2) is 5.82 Å². The summed E-state index contributed by atoms with van der Waals surface area (Å²) in [6.45, 7) is 3.86. The van der Waals surface area contributed by atoms with Gasteiger partial charge in [0.2, 0.25) is 0 Å². The summed E-state index contributed by atoms with van der Waals surface area (Å²) in [5, 5.41) is 15.5. The van der Waals surface area contributed by atoms with Crippen LogP contribution in [0.25, 0.3) is 22.6 Å². The molecule has 0 saturated heterocycles. The molecule has 192 valence electrons. The van der Waals surface area contributed by atoms with Crippen LogP contribution in [0.2, 0.25) is 0 Å². The van der Waals surface area contributed by atoms with Crippen LogP contribution in [0.15, 0.2) is 49.1 Å². The van der Waals surface area contributed by atoms with Gasteiger partial charge in [-0.2, -0.15) is 5.10 Å². The molecule has 0 fully saturated rings. The number of carbonyl (C=O) groups excluding carboxylic acids is 1. The highest BCUT2D eigenvalue weighted by Gasteiger charge is 2.21. The van der Waals surface area contributed by atoms with Crippen LogP contribution in [0.5, 0.6) is 5.75 Å². The first-order valence-corrected chi connectivity index (χ1v) is 12.2. The molecule has 1 N–H and O–H groups in total. The molecule has 0 saturated carbocycles. The number of pyridine rings is 1. The van der Waals surface area contributed by atoms with Gasteiger partial charge in [-0.1, -0.05) is 6.07 Å². The second kappa shape index (κ2) is 10.5. The molecule has 1 atom stereocenters. The zero-order valence-corrected chi connectivity index (χ0v) is 21.1. The van der Waals surface area contributed by atoms with Gasteiger partial charge in [-0.15, -0.1) is 10.2 Å². The highest BCUT2D eigenvalue weighted by Crippen LogP contribution is 2.31. The normalized spacial score (nSPS) is 15.9. The molecule has 0 aliphatic carbocycles. The van der Waals surface area contributed by atoms with Crippen LogP contribution in [0.1, 0.15) is 36.2 Å². The summed E-state index contributed by atoms with van der Waals surface area (Å²) < 4.78 is 24.9. The molecule has 3 aromatic heterocycles. The van der Waals surface area contributed by atoms with Gasteiger partial charge < -0.3 is 19.5 Å². The number of anilines is 1. The monoisotopic (exact) mass is 504 g/mol. The van der Waals surface area contributed by atoms with Crippen molar-refractivity contribution in [3.8, 4) is 28.4 Å². The highest BCUT2D eigenvalue weighted by atomic mass is 19.1. The molecule has 1 aliphatic heterocycles. The van der Waals surface area contributed by atoms with E-state index in [1.807, 2.05) is 29.6 Å². The molecular formula is C26H29FN8O2. The number of hydrogen-bond donors (Lipinski definition) is 1.